The van der Waals surface area contributed by atoms with Gasteiger partial charge in [0.1, 0.15) is 0 Å². The smallest absolute Gasteiger partial charge is 0.228 e. The number of carbonyl (C=O) groups is 2. The molecule has 2 amide bonds. The van der Waals surface area contributed by atoms with Crippen LogP contribution in [-0.4, -0.2) is 17.9 Å². The number of anilines is 2. The largest absolute Gasteiger partial charge is 0.327 e. The van der Waals surface area contributed by atoms with Gasteiger partial charge >= 0.3 is 0 Å². The number of amides is 2. The normalized spacial score (nSPS) is 12.8. The van der Waals surface area contributed by atoms with Gasteiger partial charge in [-0.15, -0.1) is 12.4 Å². The molecule has 0 aromatic heterocycles. The summed E-state index contributed by atoms with van der Waals surface area (Å²) in [6, 6.07) is 4.63. The number of carbonyl (C=O) groups excluding carboxylic acids is 2. The van der Waals surface area contributed by atoms with E-state index in [1.165, 1.54) is 6.92 Å². The van der Waals surface area contributed by atoms with Crippen molar-refractivity contribution in [2.24, 2.45) is 11.7 Å². The highest BCUT2D eigenvalue weighted by Crippen LogP contribution is 2.26. The number of benzene rings is 1. The van der Waals surface area contributed by atoms with E-state index in [0.717, 1.165) is 0 Å². The van der Waals surface area contributed by atoms with Gasteiger partial charge in [0.2, 0.25) is 11.8 Å². The molecule has 2 atom stereocenters. The van der Waals surface area contributed by atoms with Crippen LogP contribution in [0, 0.1) is 5.92 Å². The van der Waals surface area contributed by atoms with E-state index in [0.29, 0.717) is 16.4 Å². The van der Waals surface area contributed by atoms with Gasteiger partial charge in [0.25, 0.3) is 0 Å². The minimum atomic E-state index is -0.333. The molecule has 2 unspecified atom stereocenters. The Labute approximate surface area is 129 Å². The molecule has 1 rings (SSSR count). The summed E-state index contributed by atoms with van der Waals surface area (Å²) in [6.45, 7) is 4.91. The van der Waals surface area contributed by atoms with Gasteiger partial charge in [-0.1, -0.05) is 18.5 Å². The Morgan fingerprint density at radius 1 is 1.25 bits per heavy atom. The van der Waals surface area contributed by atoms with Crippen LogP contribution in [0.2, 0.25) is 5.02 Å². The molecule has 0 saturated heterocycles. The highest BCUT2D eigenvalue weighted by atomic mass is 35.5. The number of nitrogens with two attached hydrogens (primary N) is 1. The number of halogens is 2. The van der Waals surface area contributed by atoms with Crippen molar-refractivity contribution in [2.45, 2.75) is 26.8 Å². The average molecular weight is 320 g/mol. The van der Waals surface area contributed by atoms with Crippen LogP contribution in [0.4, 0.5) is 11.4 Å². The highest BCUT2D eigenvalue weighted by Gasteiger charge is 2.18. The summed E-state index contributed by atoms with van der Waals surface area (Å²) >= 11 is 6.00. The Morgan fingerprint density at radius 2 is 1.85 bits per heavy atom. The van der Waals surface area contributed by atoms with Crippen LogP contribution in [0.5, 0.6) is 0 Å². The summed E-state index contributed by atoms with van der Waals surface area (Å²) in [4.78, 5) is 22.9. The monoisotopic (exact) mass is 319 g/mol. The molecule has 0 aliphatic heterocycles. The first-order valence-corrected chi connectivity index (χ1v) is 6.32. The molecular formula is C13H19Cl2N3O2. The zero-order valence-corrected chi connectivity index (χ0v) is 13.1. The molecule has 20 heavy (non-hydrogen) atoms. The van der Waals surface area contributed by atoms with E-state index >= 15 is 0 Å². The van der Waals surface area contributed by atoms with Gasteiger partial charge in [0.05, 0.1) is 16.6 Å². The van der Waals surface area contributed by atoms with Crippen LogP contribution in [0.15, 0.2) is 18.2 Å². The van der Waals surface area contributed by atoms with E-state index in [-0.39, 0.29) is 36.2 Å². The third kappa shape index (κ3) is 5.36. The van der Waals surface area contributed by atoms with Crippen LogP contribution in [-0.2, 0) is 9.59 Å². The summed E-state index contributed by atoms with van der Waals surface area (Å²) in [5.74, 6) is -0.735. The first kappa shape index (κ1) is 18.7. The van der Waals surface area contributed by atoms with Crippen LogP contribution in [0.25, 0.3) is 0 Å². The first-order chi connectivity index (χ1) is 8.81. The van der Waals surface area contributed by atoms with Crippen LogP contribution < -0.4 is 16.4 Å². The van der Waals surface area contributed by atoms with Crippen LogP contribution in [0.1, 0.15) is 20.8 Å². The van der Waals surface area contributed by atoms with Gasteiger partial charge in [-0.25, -0.2) is 0 Å². The van der Waals surface area contributed by atoms with Gasteiger partial charge in [-0.2, -0.15) is 0 Å². The zero-order chi connectivity index (χ0) is 14.6. The van der Waals surface area contributed by atoms with Crippen molar-refractivity contribution >= 4 is 47.2 Å². The molecule has 0 saturated carbocycles. The van der Waals surface area contributed by atoms with Crippen molar-refractivity contribution in [1.82, 2.24) is 0 Å². The minimum Gasteiger partial charge on any atom is -0.327 e. The number of rotatable bonds is 4. The Kier molecular flexibility index (Phi) is 7.57. The van der Waals surface area contributed by atoms with Gasteiger partial charge in [-0.3, -0.25) is 9.59 Å². The summed E-state index contributed by atoms with van der Waals surface area (Å²) < 4.78 is 0. The summed E-state index contributed by atoms with van der Waals surface area (Å²) in [6.07, 6.45) is 0. The van der Waals surface area contributed by atoms with Crippen LogP contribution in [0.3, 0.4) is 0 Å². The summed E-state index contributed by atoms with van der Waals surface area (Å²) in [7, 11) is 0. The molecule has 1 aromatic carbocycles. The van der Waals surface area contributed by atoms with Crippen molar-refractivity contribution in [3.8, 4) is 0 Å². The Bertz CT molecular complexity index is 493. The Hall–Kier alpha value is -1.30. The first-order valence-electron chi connectivity index (χ1n) is 5.95. The van der Waals surface area contributed by atoms with E-state index in [1.807, 2.05) is 0 Å². The molecule has 5 nitrogen and oxygen atoms in total. The van der Waals surface area contributed by atoms with Crippen molar-refractivity contribution in [2.75, 3.05) is 10.6 Å². The number of hydrogen-bond acceptors (Lipinski definition) is 3. The lowest BCUT2D eigenvalue weighted by Crippen LogP contribution is -2.34. The maximum atomic E-state index is 11.9. The molecular weight excluding hydrogens is 301 g/mol. The molecule has 0 fully saturated rings. The summed E-state index contributed by atoms with van der Waals surface area (Å²) in [5, 5.41) is 5.73. The lowest BCUT2D eigenvalue weighted by atomic mass is 10.0. The maximum Gasteiger partial charge on any atom is 0.228 e. The highest BCUT2D eigenvalue weighted by molar-refractivity contribution is 6.33. The molecule has 0 spiro atoms. The third-order valence-corrected chi connectivity index (χ3v) is 3.08. The van der Waals surface area contributed by atoms with Gasteiger partial charge in [0, 0.05) is 18.7 Å². The SMILES string of the molecule is CC(=O)Nc1ccc(Cl)c(NC(=O)C(C)C(C)N)c1.Cl. The Balaban J connectivity index is 0.00000361. The van der Waals surface area contributed by atoms with E-state index in [9.17, 15) is 9.59 Å². The van der Waals surface area contributed by atoms with E-state index in [4.69, 9.17) is 17.3 Å². The second kappa shape index (κ2) is 8.09. The second-order valence-corrected chi connectivity index (χ2v) is 4.92. The standard InChI is InChI=1S/C13H18ClN3O2.ClH/c1-7(8(2)15)13(19)17-12-6-10(16-9(3)18)4-5-11(12)14;/h4-8H,15H2,1-3H3,(H,16,18)(H,17,19);1H. The minimum absolute atomic E-state index is 0. The molecule has 112 valence electrons. The fourth-order valence-corrected chi connectivity index (χ4v) is 1.55. The van der Waals surface area contributed by atoms with Gasteiger partial charge < -0.3 is 16.4 Å². The molecule has 0 heterocycles. The average Bonchev–Trinajstić information content (AvgIpc) is 2.31. The number of nitrogens with one attached hydrogen (secondary N) is 2. The fourth-order valence-electron chi connectivity index (χ4n) is 1.39. The van der Waals surface area contributed by atoms with Crippen molar-refractivity contribution in [3.05, 3.63) is 23.2 Å². The van der Waals surface area contributed by atoms with Crippen molar-refractivity contribution < 1.29 is 9.59 Å². The molecule has 0 bridgehead atoms. The van der Waals surface area contributed by atoms with Crippen LogP contribution >= 0.6 is 24.0 Å². The van der Waals surface area contributed by atoms with Crippen molar-refractivity contribution in [3.63, 3.8) is 0 Å². The fraction of sp³-hybridized carbons (Fsp3) is 0.385. The van der Waals surface area contributed by atoms with Gasteiger partial charge in [0.15, 0.2) is 0 Å². The molecule has 0 radical (unpaired) electrons. The molecule has 1 aromatic rings. The lowest BCUT2D eigenvalue weighted by Gasteiger charge is -2.16. The predicted molar refractivity (Wildman–Crippen MR) is 84.4 cm³/mol. The topological polar surface area (TPSA) is 84.2 Å². The quantitative estimate of drug-likeness (QED) is 0.797. The molecule has 0 aliphatic carbocycles. The third-order valence-electron chi connectivity index (χ3n) is 2.75. The molecule has 7 heteroatoms. The van der Waals surface area contributed by atoms with Gasteiger partial charge in [-0.05, 0) is 25.1 Å². The Morgan fingerprint density at radius 3 is 2.35 bits per heavy atom. The zero-order valence-electron chi connectivity index (χ0n) is 11.6. The van der Waals surface area contributed by atoms with Crippen molar-refractivity contribution in [1.29, 1.82) is 0 Å². The molecule has 0 aliphatic rings. The summed E-state index contributed by atoms with van der Waals surface area (Å²) in [5.41, 5.74) is 6.69. The second-order valence-electron chi connectivity index (χ2n) is 4.51. The lowest BCUT2D eigenvalue weighted by molar-refractivity contribution is -0.119. The van der Waals surface area contributed by atoms with E-state index in [1.54, 1.807) is 32.0 Å². The predicted octanol–water partition coefficient (Wildman–Crippen LogP) is 2.64. The molecule has 4 N–H and O–H groups in total. The van der Waals surface area contributed by atoms with E-state index < -0.39 is 0 Å². The number of hydrogen-bond donors (Lipinski definition) is 3. The van der Waals surface area contributed by atoms with E-state index in [2.05, 4.69) is 10.6 Å². The maximum absolute atomic E-state index is 11.9.